The number of nitrogens with zero attached hydrogens (tertiary/aromatic N) is 10. The Morgan fingerprint density at radius 1 is 0.737 bits per heavy atom. The van der Waals surface area contributed by atoms with E-state index in [0.29, 0.717) is 66.5 Å². The maximum absolute atomic E-state index is 13.0. The fourth-order valence-corrected chi connectivity index (χ4v) is 24.4. The fraction of sp³-hybridized carbons (Fsp3) is 0.536. The molecule has 2 aliphatic carbocycles. The number of amides is 2. The SMILES string of the molecule is CCC[C@@H]1C[C@@H](C(=O)NC([C@H](C)Cl)[C@H]2O[C@H](SC)[C@H](OP(=O)(O)O)[C@@H](O)[C@H]2O)N(C)C1.COc1ccc2c3c1O[C@H]1C(=O)CC[C@@]4(O)[C@@H](C2)N(C)CC[C@]314.Cc1cc2c(s1)Nc1ccccc1N=C2N1CCN(C)CC1.O=C1CCc2ccc(OCCCCN3CCN(c4cccc(Cl)c4Cl)CC3)cc2N1.OCCOCCN1CCN(C2=Nc3ccccc3Sc3ccccc32)CC1. The molecule has 10 aliphatic heterocycles. The van der Waals surface area contributed by atoms with Crippen LogP contribution in [-0.2, 0) is 51.2 Å². The van der Waals surface area contributed by atoms with Gasteiger partial charge in [-0.15, -0.1) is 34.7 Å². The lowest BCUT2D eigenvalue weighted by Gasteiger charge is -2.62. The third-order valence-electron chi connectivity index (χ3n) is 27.5. The number of phosphoric ester groups is 1. The Hall–Kier alpha value is -7.19. The second-order valence-corrected chi connectivity index (χ2v) is 42.1. The average molecular weight is 1960 g/mol. The molecule has 2 amide bonds. The summed E-state index contributed by atoms with van der Waals surface area (Å²) in [6.45, 7) is 23.6. The number of halogens is 3. The quantitative estimate of drug-likeness (QED) is 0.0173. The highest BCUT2D eigenvalue weighted by Gasteiger charge is 2.73. The van der Waals surface area contributed by atoms with Crippen LogP contribution < -0.4 is 35.1 Å². The van der Waals surface area contributed by atoms with Crippen LogP contribution in [0.5, 0.6) is 17.2 Å². The normalized spacial score (nSPS) is 25.9. The van der Waals surface area contributed by atoms with Crippen molar-refractivity contribution < 1.29 is 77.4 Å². The third kappa shape index (κ3) is 23.0. The topological polar surface area (TPSA) is 332 Å². The van der Waals surface area contributed by atoms with Gasteiger partial charge in [0.2, 0.25) is 11.8 Å². The number of hydrogen-bond donors (Lipinski definition) is 9. The number of fused-ring (bicyclic) bond motifs is 5. The molecule has 12 aliphatic rings. The first-order valence-electron chi connectivity index (χ1n) is 46.4. The number of carbonyl (C=O) groups excluding carboxylic acids is 3. The Morgan fingerprint density at radius 3 is 2.14 bits per heavy atom. The Balaban J connectivity index is 0.000000128. The molecule has 36 heteroatoms. The molecule has 720 valence electrons. The first-order chi connectivity index (χ1) is 64.1. The number of thiophene rings is 1. The number of ketones is 1. The summed E-state index contributed by atoms with van der Waals surface area (Å²) in [6.07, 6.45) is 3.99. The molecule has 9 N–H and O–H groups in total. The van der Waals surface area contributed by atoms with Crippen molar-refractivity contribution in [3.63, 3.8) is 0 Å². The van der Waals surface area contributed by atoms with E-state index in [9.17, 15) is 34.3 Å². The second-order valence-electron chi connectivity index (χ2n) is 36.2. The number of anilines is 4. The number of aliphatic hydroxyl groups excluding tert-OH is 3. The summed E-state index contributed by atoms with van der Waals surface area (Å²) in [7, 11) is 2.84. The molecule has 0 radical (unpaired) electrons. The number of thioether (sulfide) groups is 1. The van der Waals surface area contributed by atoms with Crippen LogP contribution in [0.15, 0.2) is 147 Å². The maximum atomic E-state index is 13.0. The predicted molar refractivity (Wildman–Crippen MR) is 527 cm³/mol. The van der Waals surface area contributed by atoms with E-state index < -0.39 is 66.2 Å². The number of nitrogens with one attached hydrogen (secondary N) is 3. The molecular weight excluding hydrogens is 1840 g/mol. The number of amidine groups is 2. The third-order valence-corrected chi connectivity index (χ3v) is 32.1. The average Bonchev–Trinajstić information content (AvgIpc) is 1.47. The summed E-state index contributed by atoms with van der Waals surface area (Å²) in [6, 6.07) is 42.2. The molecule has 1 spiro atoms. The molecule has 6 aromatic carbocycles. The van der Waals surface area contributed by atoms with Gasteiger partial charge in [-0.25, -0.2) is 14.5 Å². The summed E-state index contributed by atoms with van der Waals surface area (Å²) in [5.41, 5.74) is 8.47. The number of ether oxygens (including phenoxy) is 5. The molecule has 13 atom stereocenters. The van der Waals surface area contributed by atoms with Gasteiger partial charge in [0.15, 0.2) is 23.4 Å². The molecule has 7 fully saturated rings. The number of unbranched alkanes of at least 4 members (excludes halogenated alkanes) is 1. The van der Waals surface area contributed by atoms with Crippen molar-refractivity contribution in [3.8, 4) is 17.2 Å². The number of piperazine rings is 3. The van der Waals surface area contributed by atoms with Crippen LogP contribution in [0, 0.1) is 12.8 Å². The number of likely N-dealkylation sites (tertiary alicyclic amines) is 2. The smallest absolute Gasteiger partial charge is 0.470 e. The standard InChI is InChI=1S/C23H27Cl2N3O2.C21H25N3O2S.C18H34ClN2O8PS.C18H21NO4.C17H20N4S/c24-19-4-3-5-21(23(19)25)28-13-11-27(12-14-28)10-1-2-15-30-18-8-6-17-7-9-22(29)26-20(17)16-18;25-14-16-26-15-13-23-9-11-24(12-10-23)21-17-5-1-3-7-19(17)27-20-8-4-2-6-18(20)22-21;1-5-6-10-7-11(21(3)8-10)17(24)20-12(9(2)19)15-13(22)14(23)16(18(28-15)31-4)29-30(25,26)27;1-19-8-7-17-14-10-3-4-12(22-2)15(14)23-16(17)11(20)5-6-18(17,21)13(19)9-10;1-12-11-13-16(21-9-7-20(2)8-10-21)18-14-5-3-4-6-15(14)19-17(13)22-12/h3-6,8,16H,1-2,7,9-15H2,(H,26,29);1-8,25H,9-16H2;9-16,18,22-23H,5-8H2,1-4H3,(H,20,24)(H2,25,26,27);3-4,13,16,21H,5-9H2,1-2H3;3-6,11,19H,7-10H2,1-2H3/t;;9-,10+,11-,12?,13+,14-,15+,16+,18+;13-,16+,17+,18-;/m..01./s1. The molecule has 11 heterocycles. The van der Waals surface area contributed by atoms with Crippen LogP contribution in [0.25, 0.3) is 0 Å². The molecule has 1 unspecified atom stereocenters. The monoisotopic (exact) mass is 1960 g/mol. The molecule has 29 nitrogen and oxygen atoms in total. The molecule has 2 bridgehead atoms. The molecule has 7 aromatic rings. The van der Waals surface area contributed by atoms with Crippen molar-refractivity contribution in [3.05, 3.63) is 170 Å². The van der Waals surface area contributed by atoms with Gasteiger partial charge in [0.1, 0.15) is 52.3 Å². The van der Waals surface area contributed by atoms with E-state index in [4.69, 9.17) is 83.4 Å². The van der Waals surface area contributed by atoms with E-state index in [2.05, 4.69) is 174 Å². The van der Waals surface area contributed by atoms with E-state index in [1.54, 1.807) is 43.4 Å². The van der Waals surface area contributed by atoms with Gasteiger partial charge in [-0.1, -0.05) is 109 Å². The number of aryl methyl sites for hydroxylation is 2. The van der Waals surface area contributed by atoms with E-state index in [-0.39, 0.29) is 36.3 Å². The molecule has 133 heavy (non-hydrogen) atoms. The minimum atomic E-state index is -4.93. The highest BCUT2D eigenvalue weighted by Crippen LogP contribution is 2.65. The number of phosphoric acid groups is 1. The van der Waals surface area contributed by atoms with Crippen molar-refractivity contribution >= 4 is 140 Å². The fourth-order valence-electron chi connectivity index (χ4n) is 20.5. The van der Waals surface area contributed by atoms with Gasteiger partial charge in [-0.05, 0) is 183 Å². The first kappa shape index (κ1) is 100. The van der Waals surface area contributed by atoms with Crippen LogP contribution >= 0.6 is 77.5 Å². The van der Waals surface area contributed by atoms with E-state index in [1.165, 1.54) is 41.9 Å². The van der Waals surface area contributed by atoms with E-state index in [1.807, 2.05) is 48.3 Å². The van der Waals surface area contributed by atoms with Crippen molar-refractivity contribution in [1.29, 1.82) is 0 Å². The minimum absolute atomic E-state index is 0.0438. The number of alkyl halides is 1. The molecular formula is C97H127Cl3N13O16PS3. The van der Waals surface area contributed by atoms with Crippen molar-refractivity contribution in [2.45, 2.75) is 172 Å². The molecule has 1 aromatic heterocycles. The van der Waals surface area contributed by atoms with Crippen LogP contribution in [0.3, 0.4) is 0 Å². The van der Waals surface area contributed by atoms with Gasteiger partial charge in [-0.3, -0.25) is 33.6 Å². The van der Waals surface area contributed by atoms with Crippen molar-refractivity contribution in [2.24, 2.45) is 15.9 Å². The minimum Gasteiger partial charge on any atom is -0.494 e. The number of Topliss-reactive ketones (excluding diaryl/α,β-unsaturated/α-hetero) is 1. The number of likely N-dealkylation sites (N-methyl/N-ethyl adjacent to an activating group) is 3. The number of aliphatic hydroxyl groups is 4. The predicted octanol–water partition coefficient (Wildman–Crippen LogP) is 12.7. The zero-order valence-electron chi connectivity index (χ0n) is 76.9. The van der Waals surface area contributed by atoms with Gasteiger partial charge >= 0.3 is 7.82 Å². The van der Waals surface area contributed by atoms with Gasteiger partial charge in [0.25, 0.3) is 0 Å². The maximum Gasteiger partial charge on any atom is 0.470 e. The van der Waals surface area contributed by atoms with Crippen molar-refractivity contribution in [2.75, 3.05) is 181 Å². The lowest BCUT2D eigenvalue weighted by molar-refractivity contribution is -0.201. The molecule has 6 saturated heterocycles. The molecule has 1 saturated carbocycles. The highest BCUT2D eigenvalue weighted by atomic mass is 35.5. The number of para-hydroxylation sites is 3. The summed E-state index contributed by atoms with van der Waals surface area (Å²) in [4.78, 5) is 88.0. The zero-order valence-corrected chi connectivity index (χ0v) is 82.6. The number of piperidine rings is 1. The number of aliphatic imine (C=N–C) groups is 2. The van der Waals surface area contributed by atoms with Gasteiger partial charge in [0, 0.05) is 148 Å². The lowest BCUT2D eigenvalue weighted by atomic mass is 9.49. The summed E-state index contributed by atoms with van der Waals surface area (Å²) in [5, 5.41) is 52.9. The Labute approximate surface area is 807 Å². The number of methoxy groups -OCH3 is 1. The second kappa shape index (κ2) is 45.2. The zero-order chi connectivity index (χ0) is 94.0. The highest BCUT2D eigenvalue weighted by molar-refractivity contribution is 7.99. The van der Waals surface area contributed by atoms with Gasteiger partial charge < -0.3 is 94.3 Å². The summed E-state index contributed by atoms with van der Waals surface area (Å²) < 4.78 is 44.7. The van der Waals surface area contributed by atoms with Crippen molar-refractivity contribution in [1.82, 2.24) is 39.6 Å². The number of hydrogen-bond acceptors (Lipinski definition) is 28. The largest absolute Gasteiger partial charge is 0.494 e. The first-order valence-corrected chi connectivity index (χ1v) is 52.0. The van der Waals surface area contributed by atoms with Crippen LogP contribution in [0.1, 0.15) is 104 Å². The summed E-state index contributed by atoms with van der Waals surface area (Å²) in [5.74, 6) is 4.76. The van der Waals surface area contributed by atoms with E-state index in [0.717, 1.165) is 219 Å². The van der Waals surface area contributed by atoms with Gasteiger partial charge in [0.05, 0.1) is 100 Å². The number of carbonyl (C=O) groups is 3. The lowest BCUT2D eigenvalue weighted by Crippen LogP contribution is -2.76. The number of rotatable bonds is 22. The molecule has 19 rings (SSSR count). The van der Waals surface area contributed by atoms with Crippen LogP contribution in [0.4, 0.5) is 33.4 Å². The van der Waals surface area contributed by atoms with Crippen LogP contribution in [-0.4, -0.2) is 324 Å². The Kier molecular flexibility index (Phi) is 34.0. The number of benzene rings is 6. The van der Waals surface area contributed by atoms with Gasteiger partial charge in [-0.2, -0.15) is 0 Å². The van der Waals surface area contributed by atoms with Crippen LogP contribution in [0.2, 0.25) is 10.0 Å². The van der Waals surface area contributed by atoms with E-state index >= 15 is 0 Å². The Bertz CT molecular complexity index is 5310. The Morgan fingerprint density at radius 2 is 1.42 bits per heavy atom. The summed E-state index contributed by atoms with van der Waals surface area (Å²) >= 11 is 23.5.